The number of aryl methyl sites for hydroxylation is 5. The van der Waals surface area contributed by atoms with Gasteiger partial charge >= 0.3 is 0 Å². The first-order chi connectivity index (χ1) is 18.2. The standard InChI is InChI=1S/C35H32FN/c1-2-3-4-26-13-20-34-30(21-26)23-33(29-16-18-31(36)19-17-29)35(37-34)32-22-27-10-9-24-5-7-25(8-6-24)11-14-28(32)15-12-27/h5-8,12-13,15-23H,2-4,9-11,14H2,1H3. The highest BCUT2D eigenvalue weighted by atomic mass is 19.1. The number of unbranched alkanes of at least 4 members (excludes halogenated alkanes) is 1. The van der Waals surface area contributed by atoms with Gasteiger partial charge in [0.05, 0.1) is 11.2 Å². The molecule has 0 fully saturated rings. The van der Waals surface area contributed by atoms with Crippen LogP contribution in [0.25, 0.3) is 33.3 Å². The summed E-state index contributed by atoms with van der Waals surface area (Å²) in [4.78, 5) is 5.28. The van der Waals surface area contributed by atoms with Gasteiger partial charge in [0, 0.05) is 16.5 Å². The molecular formula is C35H32FN. The maximum absolute atomic E-state index is 13.9. The van der Waals surface area contributed by atoms with Gasteiger partial charge in [0.1, 0.15) is 5.82 Å². The van der Waals surface area contributed by atoms with Crippen molar-refractivity contribution in [3.63, 3.8) is 0 Å². The molecule has 0 unspecified atom stereocenters. The van der Waals surface area contributed by atoms with Crippen molar-refractivity contribution in [1.82, 2.24) is 4.98 Å². The predicted octanol–water partition coefficient (Wildman–Crippen LogP) is 8.93. The van der Waals surface area contributed by atoms with Crippen LogP contribution in [-0.2, 0) is 32.1 Å². The molecule has 1 aromatic heterocycles. The average Bonchev–Trinajstić information content (AvgIpc) is 2.93. The van der Waals surface area contributed by atoms with Gasteiger partial charge in [-0.3, -0.25) is 0 Å². The van der Waals surface area contributed by atoms with Crippen LogP contribution in [0.3, 0.4) is 0 Å². The fraction of sp³-hybridized carbons (Fsp3) is 0.229. The zero-order valence-corrected chi connectivity index (χ0v) is 21.4. The summed E-state index contributed by atoms with van der Waals surface area (Å²) in [5.41, 5.74) is 12.0. The fourth-order valence-corrected chi connectivity index (χ4v) is 5.48. The summed E-state index contributed by atoms with van der Waals surface area (Å²) in [5.74, 6) is -0.219. The number of fused-ring (bicyclic) bond motifs is 1. The van der Waals surface area contributed by atoms with E-state index < -0.39 is 0 Å². The number of aromatic nitrogens is 1. The second-order valence-corrected chi connectivity index (χ2v) is 10.3. The van der Waals surface area contributed by atoms with Gasteiger partial charge in [0.25, 0.3) is 0 Å². The van der Waals surface area contributed by atoms with E-state index in [1.165, 1.54) is 46.2 Å². The van der Waals surface area contributed by atoms with E-state index in [0.717, 1.165) is 59.8 Å². The Morgan fingerprint density at radius 1 is 0.676 bits per heavy atom. The molecule has 0 atom stereocenters. The Balaban J connectivity index is 1.53. The van der Waals surface area contributed by atoms with Crippen LogP contribution in [0.15, 0.2) is 91.0 Å². The molecule has 0 radical (unpaired) electrons. The molecule has 0 saturated heterocycles. The van der Waals surface area contributed by atoms with Gasteiger partial charge in [-0.15, -0.1) is 0 Å². The molecule has 0 spiro atoms. The van der Waals surface area contributed by atoms with E-state index >= 15 is 0 Å². The number of hydrogen-bond donors (Lipinski definition) is 0. The van der Waals surface area contributed by atoms with E-state index in [2.05, 4.69) is 73.7 Å². The first-order valence-corrected chi connectivity index (χ1v) is 13.6. The van der Waals surface area contributed by atoms with Crippen molar-refractivity contribution in [2.45, 2.75) is 51.9 Å². The molecular weight excluding hydrogens is 453 g/mol. The fourth-order valence-electron chi connectivity index (χ4n) is 5.48. The maximum Gasteiger partial charge on any atom is 0.123 e. The topological polar surface area (TPSA) is 12.9 Å². The summed E-state index contributed by atoms with van der Waals surface area (Å²) >= 11 is 0. The minimum atomic E-state index is -0.219. The van der Waals surface area contributed by atoms with Crippen LogP contribution in [0, 0.1) is 5.82 Å². The summed E-state index contributed by atoms with van der Waals surface area (Å²) in [6.45, 7) is 2.23. The van der Waals surface area contributed by atoms with Gasteiger partial charge in [-0.1, -0.05) is 67.9 Å². The second kappa shape index (κ2) is 10.3. The molecule has 1 heterocycles. The lowest BCUT2D eigenvalue weighted by molar-refractivity contribution is 0.628. The van der Waals surface area contributed by atoms with E-state index in [1.54, 1.807) is 12.1 Å². The van der Waals surface area contributed by atoms with Crippen molar-refractivity contribution >= 4 is 10.9 Å². The lowest BCUT2D eigenvalue weighted by Crippen LogP contribution is -2.02. The molecule has 5 aromatic rings. The molecule has 0 amide bonds. The summed E-state index contributed by atoms with van der Waals surface area (Å²) in [6.07, 6.45) is 7.40. The zero-order chi connectivity index (χ0) is 25.2. The number of rotatable bonds is 5. The van der Waals surface area contributed by atoms with Gasteiger partial charge in [0.2, 0.25) is 0 Å². The van der Waals surface area contributed by atoms with Gasteiger partial charge in [-0.2, -0.15) is 0 Å². The van der Waals surface area contributed by atoms with Gasteiger partial charge in [-0.05, 0) is 108 Å². The molecule has 4 aromatic carbocycles. The van der Waals surface area contributed by atoms with Crippen LogP contribution < -0.4 is 0 Å². The van der Waals surface area contributed by atoms with Crippen molar-refractivity contribution < 1.29 is 4.39 Å². The Morgan fingerprint density at radius 3 is 2.14 bits per heavy atom. The molecule has 0 aliphatic heterocycles. The number of nitrogens with zero attached hydrogens (tertiary/aromatic N) is 1. The minimum Gasteiger partial charge on any atom is -0.247 e. The summed E-state index contributed by atoms with van der Waals surface area (Å²) < 4.78 is 13.9. The van der Waals surface area contributed by atoms with E-state index in [1.807, 2.05) is 12.1 Å². The van der Waals surface area contributed by atoms with E-state index in [0.29, 0.717) is 0 Å². The van der Waals surface area contributed by atoms with Crippen LogP contribution in [0.5, 0.6) is 0 Å². The van der Waals surface area contributed by atoms with Crippen LogP contribution in [0.1, 0.15) is 47.6 Å². The molecule has 9 rings (SSSR count). The van der Waals surface area contributed by atoms with E-state index in [-0.39, 0.29) is 5.82 Å². The quantitative estimate of drug-likeness (QED) is 0.242. The Morgan fingerprint density at radius 2 is 1.38 bits per heavy atom. The van der Waals surface area contributed by atoms with Gasteiger partial charge < -0.3 is 0 Å². The Bertz CT molecular complexity index is 1550. The average molecular weight is 486 g/mol. The number of pyridine rings is 1. The van der Waals surface area contributed by atoms with Gasteiger partial charge in [0.15, 0.2) is 0 Å². The minimum absolute atomic E-state index is 0.219. The van der Waals surface area contributed by atoms with Gasteiger partial charge in [-0.25, -0.2) is 9.37 Å². The largest absolute Gasteiger partial charge is 0.247 e. The maximum atomic E-state index is 13.9. The number of halogens is 1. The highest BCUT2D eigenvalue weighted by Gasteiger charge is 2.17. The van der Waals surface area contributed by atoms with Crippen molar-refractivity contribution in [1.29, 1.82) is 0 Å². The molecule has 4 aliphatic rings. The monoisotopic (exact) mass is 485 g/mol. The third-order valence-corrected chi connectivity index (χ3v) is 7.69. The zero-order valence-electron chi connectivity index (χ0n) is 21.4. The molecule has 0 saturated carbocycles. The molecule has 184 valence electrons. The smallest absolute Gasteiger partial charge is 0.123 e. The summed E-state index contributed by atoms with van der Waals surface area (Å²) in [7, 11) is 0. The third kappa shape index (κ3) is 5.06. The summed E-state index contributed by atoms with van der Waals surface area (Å²) in [5, 5.41) is 1.14. The van der Waals surface area contributed by atoms with Crippen LogP contribution in [-0.4, -0.2) is 4.98 Å². The van der Waals surface area contributed by atoms with Crippen molar-refractivity contribution in [2.24, 2.45) is 0 Å². The molecule has 1 nitrogen and oxygen atoms in total. The van der Waals surface area contributed by atoms with Crippen molar-refractivity contribution in [3.05, 3.63) is 125 Å². The molecule has 2 heteroatoms. The third-order valence-electron chi connectivity index (χ3n) is 7.69. The number of benzene rings is 4. The first kappa shape index (κ1) is 23.6. The molecule has 0 N–H and O–H groups in total. The van der Waals surface area contributed by atoms with E-state index in [9.17, 15) is 4.39 Å². The highest BCUT2D eigenvalue weighted by Crippen LogP contribution is 2.37. The molecule has 4 bridgehead atoms. The Labute approximate surface area is 219 Å². The Kier molecular flexibility index (Phi) is 6.57. The van der Waals surface area contributed by atoms with Crippen molar-refractivity contribution in [2.75, 3.05) is 0 Å². The summed E-state index contributed by atoms with van der Waals surface area (Å²) in [6, 6.07) is 31.8. The SMILES string of the molecule is CCCCc1ccc2nc(-c3cc4ccc3CCc3ccc(cc3)CC4)c(-c3ccc(F)cc3)cc2c1. The second-order valence-electron chi connectivity index (χ2n) is 10.3. The Hall–Kier alpha value is -3.78. The lowest BCUT2D eigenvalue weighted by atomic mass is 9.89. The molecule has 4 aliphatic carbocycles. The van der Waals surface area contributed by atoms with Crippen LogP contribution in [0.2, 0.25) is 0 Å². The highest BCUT2D eigenvalue weighted by molar-refractivity contribution is 5.92. The number of hydrogen-bond acceptors (Lipinski definition) is 1. The van der Waals surface area contributed by atoms with Crippen molar-refractivity contribution in [3.8, 4) is 22.4 Å². The van der Waals surface area contributed by atoms with Crippen LogP contribution >= 0.6 is 0 Å². The van der Waals surface area contributed by atoms with Crippen LogP contribution in [0.4, 0.5) is 4.39 Å². The normalized spacial score (nSPS) is 13.0. The lowest BCUT2D eigenvalue weighted by Gasteiger charge is -2.18. The predicted molar refractivity (Wildman–Crippen MR) is 152 cm³/mol. The molecule has 37 heavy (non-hydrogen) atoms. The first-order valence-electron chi connectivity index (χ1n) is 13.6. The van der Waals surface area contributed by atoms with E-state index in [4.69, 9.17) is 4.98 Å².